The van der Waals surface area contributed by atoms with E-state index >= 15 is 0 Å². The second kappa shape index (κ2) is 5.17. The number of nitrogen functional groups attached to an aromatic ring is 1. The van der Waals surface area contributed by atoms with Crippen LogP contribution < -0.4 is 16.8 Å². The van der Waals surface area contributed by atoms with Crippen molar-refractivity contribution in [3.8, 4) is 0 Å². The van der Waals surface area contributed by atoms with Crippen LogP contribution in [-0.4, -0.2) is 28.5 Å². The van der Waals surface area contributed by atoms with Crippen LogP contribution in [0.1, 0.15) is 6.92 Å². The minimum absolute atomic E-state index is 0.00108. The van der Waals surface area contributed by atoms with E-state index in [-0.39, 0.29) is 16.2 Å². The lowest BCUT2D eigenvalue weighted by atomic mass is 10.3. The molecule has 0 radical (unpaired) electrons. The lowest BCUT2D eigenvalue weighted by Gasteiger charge is -2.00. The molecule has 0 aliphatic heterocycles. The van der Waals surface area contributed by atoms with Gasteiger partial charge in [0.05, 0.1) is 0 Å². The van der Waals surface area contributed by atoms with Gasteiger partial charge in [-0.2, -0.15) is 12.4 Å². The first kappa shape index (κ1) is 15.2. The molecule has 3 aromatic rings. The molecule has 0 saturated heterocycles. The van der Waals surface area contributed by atoms with E-state index < -0.39 is 26.0 Å². The van der Waals surface area contributed by atoms with Gasteiger partial charge in [0, 0.05) is 18.7 Å². The number of amides is 1. The third kappa shape index (κ3) is 2.57. The number of benzene rings is 1. The van der Waals surface area contributed by atoms with Crippen molar-refractivity contribution in [2.75, 3.05) is 11.1 Å². The molecule has 0 spiro atoms. The van der Waals surface area contributed by atoms with Crippen molar-refractivity contribution in [1.29, 1.82) is 0 Å². The van der Waals surface area contributed by atoms with E-state index in [1.54, 1.807) is 0 Å². The highest BCUT2D eigenvalue weighted by Crippen LogP contribution is 2.25. The summed E-state index contributed by atoms with van der Waals surface area (Å²) in [6.07, 6.45) is 0. The maximum atomic E-state index is 12.6. The number of fused-ring (bicyclic) bond motifs is 1. The lowest BCUT2D eigenvalue weighted by molar-refractivity contribution is -0.114. The Labute approximate surface area is 132 Å². The smallest absolute Gasteiger partial charge is 0.407 e. The number of carbonyl (C=O) groups is 1. The maximum Gasteiger partial charge on any atom is 0.434 e. The molecule has 0 saturated carbocycles. The number of nitrogens with zero attached hydrogens (tertiary/aromatic N) is 3. The molecule has 0 unspecified atom stereocenters. The number of oxazole rings is 1. The zero-order chi connectivity index (χ0) is 16.8. The van der Waals surface area contributed by atoms with Gasteiger partial charge >= 0.3 is 15.8 Å². The molecule has 12 heteroatoms. The molecule has 10 nitrogen and oxygen atoms in total. The van der Waals surface area contributed by atoms with Crippen LogP contribution in [0.25, 0.3) is 11.1 Å². The number of nitrogens with two attached hydrogens (primary N) is 1. The predicted octanol–water partition coefficient (Wildman–Crippen LogP) is 0.224. The molecule has 0 aliphatic rings. The lowest BCUT2D eigenvalue weighted by Crippen LogP contribution is -2.23. The van der Waals surface area contributed by atoms with Crippen molar-refractivity contribution in [2.24, 2.45) is 0 Å². The summed E-state index contributed by atoms with van der Waals surface area (Å²) < 4.78 is 30.1. The number of aromatic nitrogens is 3. The molecule has 0 aliphatic carbocycles. The Morgan fingerprint density at radius 2 is 2.13 bits per heavy atom. The van der Waals surface area contributed by atoms with Crippen molar-refractivity contribution >= 4 is 49.2 Å². The molecule has 120 valence electrons. The fraction of sp³-hybridized carbons (Fsp3) is 0.0909. The van der Waals surface area contributed by atoms with Gasteiger partial charge in [-0.25, -0.2) is 4.79 Å². The standard InChI is InChI=1S/C11H9N5O5S2/c1-5(17)13-9-14-15-10(22-9)23(19,20)16-7-3-2-6(12)4-8(7)21-11(16)18/h2-4H,12H2,1H3,(H,13,14,17). The van der Waals surface area contributed by atoms with Crippen molar-refractivity contribution in [2.45, 2.75) is 11.3 Å². The van der Waals surface area contributed by atoms with Gasteiger partial charge in [0.25, 0.3) is 4.34 Å². The Morgan fingerprint density at radius 1 is 1.39 bits per heavy atom. The minimum Gasteiger partial charge on any atom is -0.407 e. The van der Waals surface area contributed by atoms with Crippen LogP contribution in [0.2, 0.25) is 0 Å². The van der Waals surface area contributed by atoms with E-state index in [4.69, 9.17) is 10.2 Å². The molecule has 2 aromatic heterocycles. The molecular formula is C11H9N5O5S2. The quantitative estimate of drug-likeness (QED) is 0.500. The summed E-state index contributed by atoms with van der Waals surface area (Å²) >= 11 is 0.619. The SMILES string of the molecule is CC(=O)Nc1nnc(S(=O)(=O)n2c(=O)oc3cc(N)ccc32)s1. The van der Waals surface area contributed by atoms with E-state index in [0.29, 0.717) is 21.0 Å². The zero-order valence-electron chi connectivity index (χ0n) is 11.5. The summed E-state index contributed by atoms with van der Waals surface area (Å²) in [5.41, 5.74) is 5.95. The third-order valence-electron chi connectivity index (χ3n) is 2.72. The minimum atomic E-state index is -4.32. The summed E-state index contributed by atoms with van der Waals surface area (Å²) in [5, 5.41) is 9.37. The van der Waals surface area contributed by atoms with Crippen molar-refractivity contribution < 1.29 is 17.6 Å². The number of hydrogen-bond donors (Lipinski definition) is 2. The van der Waals surface area contributed by atoms with Crippen molar-refractivity contribution in [3.63, 3.8) is 0 Å². The van der Waals surface area contributed by atoms with Gasteiger partial charge in [0.15, 0.2) is 5.58 Å². The number of anilines is 2. The summed E-state index contributed by atoms with van der Waals surface area (Å²) in [4.78, 5) is 22.9. The normalized spacial score (nSPS) is 11.7. The van der Waals surface area contributed by atoms with Gasteiger partial charge < -0.3 is 15.5 Å². The van der Waals surface area contributed by atoms with E-state index in [9.17, 15) is 18.0 Å². The van der Waals surface area contributed by atoms with Gasteiger partial charge in [0.2, 0.25) is 11.0 Å². The Kier molecular flexibility index (Phi) is 3.41. The molecule has 2 heterocycles. The molecule has 0 fully saturated rings. The molecular weight excluding hydrogens is 346 g/mol. The molecule has 0 bridgehead atoms. The highest BCUT2D eigenvalue weighted by atomic mass is 32.2. The van der Waals surface area contributed by atoms with E-state index in [1.165, 1.54) is 25.1 Å². The number of nitrogens with one attached hydrogen (secondary N) is 1. The van der Waals surface area contributed by atoms with Gasteiger partial charge in [-0.05, 0) is 12.1 Å². The molecule has 0 atom stereocenters. The average molecular weight is 355 g/mol. The molecule has 1 aromatic carbocycles. The zero-order valence-corrected chi connectivity index (χ0v) is 13.1. The average Bonchev–Trinajstić information content (AvgIpc) is 3.01. The van der Waals surface area contributed by atoms with Crippen LogP contribution in [-0.2, 0) is 14.8 Å². The van der Waals surface area contributed by atoms with Gasteiger partial charge in [-0.3, -0.25) is 4.79 Å². The molecule has 23 heavy (non-hydrogen) atoms. The van der Waals surface area contributed by atoms with E-state index in [0.717, 1.165) is 0 Å². The predicted molar refractivity (Wildman–Crippen MR) is 81.7 cm³/mol. The Balaban J connectivity index is 2.17. The third-order valence-corrected chi connectivity index (χ3v) is 5.58. The van der Waals surface area contributed by atoms with Crippen molar-refractivity contribution in [3.05, 3.63) is 28.7 Å². The first-order chi connectivity index (χ1) is 10.8. The topological polar surface area (TPSA) is 150 Å². The fourth-order valence-electron chi connectivity index (χ4n) is 1.83. The van der Waals surface area contributed by atoms with E-state index in [1.807, 2.05) is 0 Å². The second-order valence-electron chi connectivity index (χ2n) is 4.42. The molecule has 1 amide bonds. The summed E-state index contributed by atoms with van der Waals surface area (Å²) in [6.45, 7) is 1.24. The number of hydrogen-bond acceptors (Lipinski definition) is 9. The van der Waals surface area contributed by atoms with Gasteiger partial charge in [-0.1, -0.05) is 11.3 Å². The Bertz CT molecular complexity index is 1080. The fourth-order valence-corrected chi connectivity index (χ4v) is 4.18. The largest absolute Gasteiger partial charge is 0.434 e. The summed E-state index contributed by atoms with van der Waals surface area (Å²) in [7, 11) is -4.32. The number of rotatable bonds is 3. The maximum absolute atomic E-state index is 12.6. The van der Waals surface area contributed by atoms with Crippen LogP contribution in [0.3, 0.4) is 0 Å². The van der Waals surface area contributed by atoms with Gasteiger partial charge in [-0.15, -0.1) is 10.2 Å². The Hall–Kier alpha value is -2.73. The number of carbonyl (C=O) groups excluding carboxylic acids is 1. The highest BCUT2D eigenvalue weighted by molar-refractivity contribution is 7.92. The van der Waals surface area contributed by atoms with Crippen LogP contribution in [0.15, 0.2) is 31.8 Å². The molecule has 3 N–H and O–H groups in total. The van der Waals surface area contributed by atoms with Crippen LogP contribution in [0.4, 0.5) is 10.8 Å². The van der Waals surface area contributed by atoms with Crippen LogP contribution in [0, 0.1) is 0 Å². The Morgan fingerprint density at radius 3 is 2.83 bits per heavy atom. The highest BCUT2D eigenvalue weighted by Gasteiger charge is 2.28. The first-order valence-electron chi connectivity index (χ1n) is 6.07. The van der Waals surface area contributed by atoms with Gasteiger partial charge in [0.1, 0.15) is 5.52 Å². The van der Waals surface area contributed by atoms with E-state index in [2.05, 4.69) is 15.5 Å². The van der Waals surface area contributed by atoms with Crippen molar-refractivity contribution in [1.82, 2.24) is 14.2 Å². The second-order valence-corrected chi connectivity index (χ2v) is 7.36. The summed E-state index contributed by atoms with van der Waals surface area (Å²) in [6, 6.07) is 4.13. The molecule has 3 rings (SSSR count). The van der Waals surface area contributed by atoms with Crippen LogP contribution in [0.5, 0.6) is 0 Å². The summed E-state index contributed by atoms with van der Waals surface area (Å²) in [5.74, 6) is -1.52. The monoisotopic (exact) mass is 355 g/mol. The van der Waals surface area contributed by atoms with Crippen LogP contribution >= 0.6 is 11.3 Å². The first-order valence-corrected chi connectivity index (χ1v) is 8.32.